The summed E-state index contributed by atoms with van der Waals surface area (Å²) in [5.41, 5.74) is 0. The number of thioether (sulfide) groups is 1. The van der Waals surface area contributed by atoms with E-state index in [1.165, 1.54) is 6.92 Å². The van der Waals surface area contributed by atoms with E-state index in [4.69, 9.17) is 5.11 Å². The normalized spacial score (nSPS) is 11.8. The van der Waals surface area contributed by atoms with Crippen molar-refractivity contribution < 1.29 is 14.7 Å². The van der Waals surface area contributed by atoms with Crippen molar-refractivity contribution in [3.05, 3.63) is 30.3 Å². The molecule has 1 aromatic carbocycles. The lowest BCUT2D eigenvalue weighted by molar-refractivity contribution is -0.139. The summed E-state index contributed by atoms with van der Waals surface area (Å²) in [6.45, 7) is 2.08. The van der Waals surface area contributed by atoms with E-state index >= 15 is 0 Å². The van der Waals surface area contributed by atoms with E-state index in [0.29, 0.717) is 6.54 Å². The molecule has 1 unspecified atom stereocenters. The Morgan fingerprint density at radius 3 is 2.63 bits per heavy atom. The van der Waals surface area contributed by atoms with Crippen LogP contribution in [0.1, 0.15) is 6.92 Å². The molecular formula is C13H18N2O3S. The van der Waals surface area contributed by atoms with Gasteiger partial charge in [0.15, 0.2) is 0 Å². The van der Waals surface area contributed by atoms with E-state index < -0.39 is 12.0 Å². The zero-order chi connectivity index (χ0) is 14.1. The first-order valence-corrected chi connectivity index (χ1v) is 6.99. The first-order valence-electron chi connectivity index (χ1n) is 6.00. The fraction of sp³-hybridized carbons (Fsp3) is 0.385. The molecule has 0 spiro atoms. The van der Waals surface area contributed by atoms with Gasteiger partial charge in [-0.15, -0.1) is 11.8 Å². The Kier molecular flexibility index (Phi) is 6.99. The van der Waals surface area contributed by atoms with E-state index in [2.05, 4.69) is 10.6 Å². The van der Waals surface area contributed by atoms with E-state index in [-0.39, 0.29) is 12.5 Å². The number of amides is 1. The van der Waals surface area contributed by atoms with Gasteiger partial charge < -0.3 is 10.4 Å². The van der Waals surface area contributed by atoms with Gasteiger partial charge in [-0.05, 0) is 19.1 Å². The molecule has 1 atom stereocenters. The maximum absolute atomic E-state index is 11.4. The molecule has 0 fully saturated rings. The average molecular weight is 282 g/mol. The Labute approximate surface area is 116 Å². The molecule has 5 nitrogen and oxygen atoms in total. The van der Waals surface area contributed by atoms with Crippen molar-refractivity contribution in [2.45, 2.75) is 17.9 Å². The third-order valence-corrected chi connectivity index (χ3v) is 3.39. The van der Waals surface area contributed by atoms with Gasteiger partial charge >= 0.3 is 5.97 Å². The van der Waals surface area contributed by atoms with Crippen LogP contribution in [-0.4, -0.2) is 41.9 Å². The summed E-state index contributed by atoms with van der Waals surface area (Å²) in [5, 5.41) is 14.0. The molecule has 0 aliphatic carbocycles. The third-order valence-electron chi connectivity index (χ3n) is 2.38. The summed E-state index contributed by atoms with van der Waals surface area (Å²) in [6, 6.07) is 9.21. The van der Waals surface area contributed by atoms with Crippen molar-refractivity contribution >= 4 is 23.6 Å². The zero-order valence-corrected chi connectivity index (χ0v) is 11.6. The molecule has 19 heavy (non-hydrogen) atoms. The molecule has 0 aliphatic rings. The number of carboxylic acid groups (broad SMARTS) is 1. The van der Waals surface area contributed by atoms with Crippen molar-refractivity contribution in [2.24, 2.45) is 0 Å². The summed E-state index contributed by atoms with van der Waals surface area (Å²) in [7, 11) is 0. The average Bonchev–Trinajstić information content (AvgIpc) is 2.42. The summed E-state index contributed by atoms with van der Waals surface area (Å²) in [5.74, 6) is -0.376. The van der Waals surface area contributed by atoms with Gasteiger partial charge in [0.25, 0.3) is 0 Å². The van der Waals surface area contributed by atoms with Crippen LogP contribution in [0.5, 0.6) is 0 Å². The van der Waals surface area contributed by atoms with Gasteiger partial charge in [0.1, 0.15) is 6.04 Å². The number of carbonyl (C=O) groups excluding carboxylic acids is 1. The van der Waals surface area contributed by atoms with Crippen molar-refractivity contribution in [3.63, 3.8) is 0 Å². The maximum atomic E-state index is 11.4. The predicted molar refractivity (Wildman–Crippen MR) is 75.3 cm³/mol. The molecular weight excluding hydrogens is 264 g/mol. The molecule has 6 heteroatoms. The van der Waals surface area contributed by atoms with Crippen LogP contribution in [0.4, 0.5) is 0 Å². The molecule has 0 bridgehead atoms. The molecule has 1 amide bonds. The second-order valence-electron chi connectivity index (χ2n) is 3.95. The van der Waals surface area contributed by atoms with E-state index in [1.807, 2.05) is 30.3 Å². The fourth-order valence-electron chi connectivity index (χ4n) is 1.27. The molecule has 0 heterocycles. The Hall–Kier alpha value is -1.53. The summed E-state index contributed by atoms with van der Waals surface area (Å²) in [6.07, 6.45) is 0. The van der Waals surface area contributed by atoms with Gasteiger partial charge in [0.2, 0.25) is 5.91 Å². The third kappa shape index (κ3) is 6.83. The molecule has 3 N–H and O–H groups in total. The highest BCUT2D eigenvalue weighted by molar-refractivity contribution is 7.99. The standard InChI is InChI=1S/C13H18N2O3S/c1-10(13(17)18)15-9-12(16)14-7-8-19-11-5-3-2-4-6-11/h2-6,10,15H,7-9H2,1H3,(H,14,16)(H,17,18). The van der Waals surface area contributed by atoms with Gasteiger partial charge in [-0.3, -0.25) is 14.9 Å². The number of rotatable bonds is 8. The van der Waals surface area contributed by atoms with Crippen LogP contribution in [0.25, 0.3) is 0 Å². The van der Waals surface area contributed by atoms with E-state index in [9.17, 15) is 9.59 Å². The second kappa shape index (κ2) is 8.55. The highest BCUT2D eigenvalue weighted by Gasteiger charge is 2.11. The lowest BCUT2D eigenvalue weighted by Gasteiger charge is -2.09. The molecule has 0 radical (unpaired) electrons. The van der Waals surface area contributed by atoms with Gasteiger partial charge in [-0.25, -0.2) is 0 Å². The summed E-state index contributed by atoms with van der Waals surface area (Å²) < 4.78 is 0. The Morgan fingerprint density at radius 2 is 2.00 bits per heavy atom. The number of carboxylic acids is 1. The molecule has 104 valence electrons. The summed E-state index contributed by atoms with van der Waals surface area (Å²) in [4.78, 5) is 23.1. The largest absolute Gasteiger partial charge is 0.480 e. The smallest absolute Gasteiger partial charge is 0.320 e. The monoisotopic (exact) mass is 282 g/mol. The van der Waals surface area contributed by atoms with Crippen LogP contribution in [0.3, 0.4) is 0 Å². The van der Waals surface area contributed by atoms with Gasteiger partial charge in [0.05, 0.1) is 6.54 Å². The number of benzene rings is 1. The molecule has 0 aromatic heterocycles. The van der Waals surface area contributed by atoms with E-state index in [1.54, 1.807) is 11.8 Å². The first kappa shape index (κ1) is 15.5. The molecule has 0 saturated carbocycles. The highest BCUT2D eigenvalue weighted by Crippen LogP contribution is 2.15. The topological polar surface area (TPSA) is 78.4 Å². The maximum Gasteiger partial charge on any atom is 0.320 e. The Morgan fingerprint density at radius 1 is 1.32 bits per heavy atom. The molecule has 0 aliphatic heterocycles. The number of nitrogens with one attached hydrogen (secondary N) is 2. The van der Waals surface area contributed by atoms with Crippen molar-refractivity contribution in [3.8, 4) is 0 Å². The van der Waals surface area contributed by atoms with Gasteiger partial charge in [0, 0.05) is 17.2 Å². The quantitative estimate of drug-likeness (QED) is 0.489. The van der Waals surface area contributed by atoms with Crippen LogP contribution >= 0.6 is 11.8 Å². The van der Waals surface area contributed by atoms with Gasteiger partial charge in [-0.1, -0.05) is 18.2 Å². The second-order valence-corrected chi connectivity index (χ2v) is 5.12. The van der Waals surface area contributed by atoms with E-state index in [0.717, 1.165) is 10.6 Å². The number of hydrogen-bond donors (Lipinski definition) is 3. The van der Waals surface area contributed by atoms with Crippen LogP contribution in [0, 0.1) is 0 Å². The highest BCUT2D eigenvalue weighted by atomic mass is 32.2. The Balaban J connectivity index is 2.09. The fourth-order valence-corrected chi connectivity index (χ4v) is 2.06. The minimum atomic E-state index is -0.965. The molecule has 1 aromatic rings. The number of hydrogen-bond acceptors (Lipinski definition) is 4. The lowest BCUT2D eigenvalue weighted by Crippen LogP contribution is -2.41. The Bertz CT molecular complexity index is 412. The van der Waals surface area contributed by atoms with Crippen molar-refractivity contribution in [1.29, 1.82) is 0 Å². The summed E-state index contributed by atoms with van der Waals surface area (Å²) >= 11 is 1.66. The van der Waals surface area contributed by atoms with Crippen LogP contribution in [0.15, 0.2) is 35.2 Å². The van der Waals surface area contributed by atoms with Crippen LogP contribution in [-0.2, 0) is 9.59 Å². The van der Waals surface area contributed by atoms with Crippen molar-refractivity contribution in [2.75, 3.05) is 18.8 Å². The minimum absolute atomic E-state index is 0.0173. The van der Waals surface area contributed by atoms with Crippen molar-refractivity contribution in [1.82, 2.24) is 10.6 Å². The van der Waals surface area contributed by atoms with Gasteiger partial charge in [-0.2, -0.15) is 0 Å². The first-order chi connectivity index (χ1) is 9.09. The molecule has 1 rings (SSSR count). The van der Waals surface area contributed by atoms with Crippen LogP contribution < -0.4 is 10.6 Å². The molecule has 0 saturated heterocycles. The SMILES string of the molecule is CC(NCC(=O)NCCSc1ccccc1)C(=O)O. The predicted octanol–water partition coefficient (Wildman–Crippen LogP) is 0.958. The van der Waals surface area contributed by atoms with Crippen LogP contribution in [0.2, 0.25) is 0 Å². The lowest BCUT2D eigenvalue weighted by atomic mass is 10.3. The zero-order valence-electron chi connectivity index (χ0n) is 10.8. The number of aliphatic carboxylic acids is 1. The number of carbonyl (C=O) groups is 2. The minimum Gasteiger partial charge on any atom is -0.480 e.